The van der Waals surface area contributed by atoms with Gasteiger partial charge in [0.05, 0.1) is 12.5 Å². The lowest BCUT2D eigenvalue weighted by Gasteiger charge is -2.01. The molecule has 106 valence electrons. The van der Waals surface area contributed by atoms with Crippen molar-refractivity contribution in [1.82, 2.24) is 0 Å². The van der Waals surface area contributed by atoms with Crippen LogP contribution in [-0.4, -0.2) is 5.33 Å². The number of alkyl halides is 1. The Morgan fingerprint density at radius 2 is 1.89 bits per heavy atom. The Labute approximate surface area is 125 Å². The SMILES string of the molecule is C/C(=C\CCc1ccoc1)CC/C=C(\C)CCCBr. The molecule has 1 aromatic heterocycles. The van der Waals surface area contributed by atoms with Crippen LogP contribution < -0.4 is 0 Å². The van der Waals surface area contributed by atoms with Crippen LogP contribution in [0.5, 0.6) is 0 Å². The molecule has 0 fully saturated rings. The van der Waals surface area contributed by atoms with E-state index < -0.39 is 0 Å². The highest BCUT2D eigenvalue weighted by Gasteiger charge is 1.94. The minimum Gasteiger partial charge on any atom is -0.472 e. The molecule has 0 aliphatic carbocycles. The molecule has 0 aliphatic heterocycles. The summed E-state index contributed by atoms with van der Waals surface area (Å²) < 4.78 is 5.06. The van der Waals surface area contributed by atoms with Crippen molar-refractivity contribution in [2.24, 2.45) is 0 Å². The second kappa shape index (κ2) is 10.1. The largest absolute Gasteiger partial charge is 0.472 e. The van der Waals surface area contributed by atoms with Crippen molar-refractivity contribution in [3.8, 4) is 0 Å². The van der Waals surface area contributed by atoms with Gasteiger partial charge in [-0.05, 0) is 64.0 Å². The lowest BCUT2D eigenvalue weighted by Crippen LogP contribution is -1.83. The molecule has 0 atom stereocenters. The molecule has 0 N–H and O–H groups in total. The molecule has 0 saturated heterocycles. The standard InChI is InChI=1S/C17H25BrO/c1-15(6-3-7-16(2)9-5-12-18)8-4-10-17-11-13-19-14-17/h7-8,11,13-14H,3-6,9-10,12H2,1-2H3/b15-8+,16-7+. The van der Waals surface area contributed by atoms with Crippen molar-refractivity contribution in [1.29, 1.82) is 0 Å². The summed E-state index contributed by atoms with van der Waals surface area (Å²) in [4.78, 5) is 0. The van der Waals surface area contributed by atoms with Gasteiger partial charge in [-0.2, -0.15) is 0 Å². The van der Waals surface area contributed by atoms with E-state index in [1.807, 2.05) is 12.3 Å². The van der Waals surface area contributed by atoms with Gasteiger partial charge in [-0.25, -0.2) is 0 Å². The van der Waals surface area contributed by atoms with Crippen LogP contribution in [0, 0.1) is 0 Å². The Balaban J connectivity index is 2.17. The van der Waals surface area contributed by atoms with E-state index in [-0.39, 0.29) is 0 Å². The average Bonchev–Trinajstić information content (AvgIpc) is 2.89. The van der Waals surface area contributed by atoms with Crippen molar-refractivity contribution in [2.75, 3.05) is 5.33 Å². The van der Waals surface area contributed by atoms with Crippen LogP contribution in [0.4, 0.5) is 0 Å². The molecule has 1 aromatic rings. The van der Waals surface area contributed by atoms with Crippen molar-refractivity contribution < 1.29 is 4.42 Å². The molecule has 1 nitrogen and oxygen atoms in total. The van der Waals surface area contributed by atoms with Crippen molar-refractivity contribution >= 4 is 15.9 Å². The van der Waals surface area contributed by atoms with Gasteiger partial charge < -0.3 is 4.42 Å². The van der Waals surface area contributed by atoms with Crippen LogP contribution in [0.2, 0.25) is 0 Å². The van der Waals surface area contributed by atoms with Crippen molar-refractivity contribution in [3.63, 3.8) is 0 Å². The van der Waals surface area contributed by atoms with E-state index in [1.165, 1.54) is 42.4 Å². The Morgan fingerprint density at radius 1 is 1.16 bits per heavy atom. The van der Waals surface area contributed by atoms with Crippen LogP contribution in [0.25, 0.3) is 0 Å². The van der Waals surface area contributed by atoms with Crippen LogP contribution >= 0.6 is 15.9 Å². The van der Waals surface area contributed by atoms with Crippen LogP contribution in [-0.2, 0) is 6.42 Å². The van der Waals surface area contributed by atoms with Crippen molar-refractivity contribution in [3.05, 3.63) is 47.5 Å². The highest BCUT2D eigenvalue weighted by atomic mass is 79.9. The fraction of sp³-hybridized carbons (Fsp3) is 0.529. The fourth-order valence-electron chi connectivity index (χ4n) is 2.02. The molecule has 0 aromatic carbocycles. The molecule has 0 saturated carbocycles. The molecular weight excluding hydrogens is 300 g/mol. The molecule has 1 heterocycles. The smallest absolute Gasteiger partial charge is 0.0934 e. The van der Waals surface area contributed by atoms with Gasteiger partial charge in [-0.1, -0.05) is 39.2 Å². The van der Waals surface area contributed by atoms with Gasteiger partial charge in [0, 0.05) is 5.33 Å². The Bertz CT molecular complexity index is 387. The zero-order valence-electron chi connectivity index (χ0n) is 12.1. The van der Waals surface area contributed by atoms with Gasteiger partial charge in [0.1, 0.15) is 0 Å². The Morgan fingerprint density at radius 3 is 2.58 bits per heavy atom. The minimum absolute atomic E-state index is 1.08. The molecule has 0 spiro atoms. The summed E-state index contributed by atoms with van der Waals surface area (Å²) in [6.07, 6.45) is 15.3. The number of rotatable bonds is 9. The van der Waals surface area contributed by atoms with E-state index in [4.69, 9.17) is 4.42 Å². The molecular formula is C17H25BrO. The number of halogens is 1. The van der Waals surface area contributed by atoms with E-state index in [2.05, 4.69) is 41.9 Å². The lowest BCUT2D eigenvalue weighted by atomic mass is 10.1. The predicted molar refractivity (Wildman–Crippen MR) is 86.8 cm³/mol. The highest BCUT2D eigenvalue weighted by molar-refractivity contribution is 9.09. The molecule has 0 aliphatic rings. The van der Waals surface area contributed by atoms with Gasteiger partial charge >= 0.3 is 0 Å². The third-order valence-corrected chi connectivity index (χ3v) is 3.80. The first-order chi connectivity index (χ1) is 9.22. The van der Waals surface area contributed by atoms with Gasteiger partial charge in [0.25, 0.3) is 0 Å². The number of hydrogen-bond acceptors (Lipinski definition) is 1. The van der Waals surface area contributed by atoms with Gasteiger partial charge in [0.2, 0.25) is 0 Å². The lowest BCUT2D eigenvalue weighted by molar-refractivity contribution is 0.564. The summed E-state index contributed by atoms with van der Waals surface area (Å²) in [6, 6.07) is 2.04. The third kappa shape index (κ3) is 8.10. The van der Waals surface area contributed by atoms with Gasteiger partial charge in [-0.3, -0.25) is 0 Å². The molecule has 19 heavy (non-hydrogen) atoms. The zero-order valence-corrected chi connectivity index (χ0v) is 13.7. The number of hydrogen-bond donors (Lipinski definition) is 0. The molecule has 0 bridgehead atoms. The third-order valence-electron chi connectivity index (χ3n) is 3.24. The van der Waals surface area contributed by atoms with Crippen LogP contribution in [0.15, 0.2) is 46.3 Å². The average molecular weight is 325 g/mol. The van der Waals surface area contributed by atoms with E-state index in [9.17, 15) is 0 Å². The summed E-state index contributed by atoms with van der Waals surface area (Å²) in [5, 5.41) is 1.10. The second-order valence-electron chi connectivity index (χ2n) is 5.10. The first kappa shape index (κ1) is 16.3. The summed E-state index contributed by atoms with van der Waals surface area (Å²) in [5.74, 6) is 0. The number of allylic oxidation sites excluding steroid dienone is 4. The van der Waals surface area contributed by atoms with E-state index in [1.54, 1.807) is 6.26 Å². The summed E-state index contributed by atoms with van der Waals surface area (Å²) in [6.45, 7) is 4.47. The van der Waals surface area contributed by atoms with E-state index >= 15 is 0 Å². The molecule has 1 rings (SSSR count). The molecule has 0 radical (unpaired) electrons. The first-order valence-corrected chi connectivity index (χ1v) is 8.23. The van der Waals surface area contributed by atoms with E-state index in [0.29, 0.717) is 0 Å². The Kier molecular flexibility index (Phi) is 8.64. The zero-order chi connectivity index (χ0) is 13.9. The monoisotopic (exact) mass is 324 g/mol. The maximum Gasteiger partial charge on any atom is 0.0934 e. The summed E-state index contributed by atoms with van der Waals surface area (Å²) in [7, 11) is 0. The quantitative estimate of drug-likeness (QED) is 0.397. The predicted octanol–water partition coefficient (Wildman–Crippen LogP) is 6.06. The van der Waals surface area contributed by atoms with E-state index in [0.717, 1.165) is 18.2 Å². The normalized spacial score (nSPS) is 13.0. The number of furan rings is 1. The van der Waals surface area contributed by atoms with Crippen molar-refractivity contribution in [2.45, 2.75) is 52.4 Å². The van der Waals surface area contributed by atoms with Gasteiger partial charge in [0.15, 0.2) is 0 Å². The topological polar surface area (TPSA) is 13.1 Å². The summed E-state index contributed by atoms with van der Waals surface area (Å²) in [5.41, 5.74) is 4.30. The fourth-order valence-corrected chi connectivity index (χ4v) is 2.30. The Hall–Kier alpha value is -0.760. The van der Waals surface area contributed by atoms with Crippen LogP contribution in [0.3, 0.4) is 0 Å². The highest BCUT2D eigenvalue weighted by Crippen LogP contribution is 2.12. The number of aryl methyl sites for hydroxylation is 1. The molecule has 0 unspecified atom stereocenters. The molecule has 0 amide bonds. The molecule has 2 heteroatoms. The maximum atomic E-state index is 5.06. The summed E-state index contributed by atoms with van der Waals surface area (Å²) >= 11 is 3.47. The van der Waals surface area contributed by atoms with Gasteiger partial charge in [-0.15, -0.1) is 0 Å². The second-order valence-corrected chi connectivity index (χ2v) is 5.90. The maximum absolute atomic E-state index is 5.06. The van der Waals surface area contributed by atoms with Crippen LogP contribution in [0.1, 0.15) is 51.5 Å². The first-order valence-electron chi connectivity index (χ1n) is 7.10. The minimum atomic E-state index is 1.08.